The molecule has 0 bridgehead atoms. The van der Waals surface area contributed by atoms with Crippen molar-refractivity contribution in [3.05, 3.63) is 92.7 Å². The van der Waals surface area contributed by atoms with Crippen molar-refractivity contribution in [2.75, 3.05) is 12.0 Å². The molecule has 2 heterocycles. The summed E-state index contributed by atoms with van der Waals surface area (Å²) in [6.45, 7) is 1.82. The van der Waals surface area contributed by atoms with Crippen molar-refractivity contribution in [2.24, 2.45) is 0 Å². The highest BCUT2D eigenvalue weighted by atomic mass is 79.9. The minimum absolute atomic E-state index is 0.0508. The van der Waals surface area contributed by atoms with Crippen molar-refractivity contribution in [1.82, 2.24) is 4.98 Å². The van der Waals surface area contributed by atoms with Gasteiger partial charge in [0.15, 0.2) is 0 Å². The number of ketones is 1. The highest BCUT2D eigenvalue weighted by Crippen LogP contribution is 2.43. The third-order valence-electron chi connectivity index (χ3n) is 5.27. The first-order chi connectivity index (χ1) is 15.3. The molecule has 1 fully saturated rings. The number of amides is 1. The van der Waals surface area contributed by atoms with Crippen LogP contribution in [0.3, 0.4) is 0 Å². The first kappa shape index (κ1) is 22.0. The van der Waals surface area contributed by atoms with Crippen LogP contribution in [-0.4, -0.2) is 28.9 Å². The number of aryl methyl sites for hydroxylation is 1. The van der Waals surface area contributed by atoms with Gasteiger partial charge in [-0.2, -0.15) is 0 Å². The largest absolute Gasteiger partial charge is 0.507 e. The topological polar surface area (TPSA) is 79.7 Å². The monoisotopic (exact) mass is 512 g/mol. The molecule has 4 rings (SSSR count). The molecule has 2 aromatic carbocycles. The summed E-state index contributed by atoms with van der Waals surface area (Å²) in [5.41, 5.74) is 1.99. The standard InChI is InChI=1S/C24H18BrClN2O4/c1-13-6-8-15(26)12-18(13)28-21(17-5-3-4-10-27-17)20(23(30)24(28)31)22(29)14-7-9-19(32-2)16(25)11-14/h3-12,21,29H,1-2H3/b22-20+. The highest BCUT2D eigenvalue weighted by molar-refractivity contribution is 9.10. The summed E-state index contributed by atoms with van der Waals surface area (Å²) in [5, 5.41) is 11.6. The zero-order chi connectivity index (χ0) is 23.0. The third kappa shape index (κ3) is 3.78. The number of ether oxygens (including phenoxy) is 1. The molecule has 1 amide bonds. The zero-order valence-electron chi connectivity index (χ0n) is 17.2. The van der Waals surface area contributed by atoms with Crippen LogP contribution in [-0.2, 0) is 9.59 Å². The van der Waals surface area contributed by atoms with Crippen LogP contribution in [0.1, 0.15) is 22.9 Å². The molecule has 0 spiro atoms. The van der Waals surface area contributed by atoms with Crippen molar-refractivity contribution >= 4 is 50.7 Å². The van der Waals surface area contributed by atoms with E-state index >= 15 is 0 Å². The molecule has 1 aliphatic rings. The number of carbonyl (C=O) groups excluding carboxylic acids is 2. The Bertz CT molecular complexity index is 1260. The Balaban J connectivity index is 1.96. The molecular weight excluding hydrogens is 496 g/mol. The van der Waals surface area contributed by atoms with Crippen molar-refractivity contribution < 1.29 is 19.4 Å². The SMILES string of the molecule is COc1ccc(/C(O)=C2\C(=O)C(=O)N(c3cc(Cl)ccc3C)C2c2ccccn2)cc1Br. The minimum Gasteiger partial charge on any atom is -0.507 e. The predicted molar refractivity (Wildman–Crippen MR) is 126 cm³/mol. The van der Waals surface area contributed by atoms with Crippen molar-refractivity contribution in [3.63, 3.8) is 0 Å². The molecular formula is C24H18BrClN2O4. The number of aliphatic hydroxyl groups excluding tert-OH is 1. The quantitative estimate of drug-likeness (QED) is 0.285. The van der Waals surface area contributed by atoms with E-state index in [1.807, 2.05) is 6.92 Å². The van der Waals surface area contributed by atoms with Crippen LogP contribution in [0.4, 0.5) is 5.69 Å². The number of pyridine rings is 1. The molecule has 1 aliphatic heterocycles. The zero-order valence-corrected chi connectivity index (χ0v) is 19.5. The molecule has 1 N–H and O–H groups in total. The fourth-order valence-corrected chi connectivity index (χ4v) is 4.42. The second kappa shape index (κ2) is 8.76. The molecule has 1 unspecified atom stereocenters. The lowest BCUT2D eigenvalue weighted by atomic mass is 9.98. The molecule has 1 saturated heterocycles. The number of carbonyl (C=O) groups is 2. The van der Waals surface area contributed by atoms with Crippen molar-refractivity contribution in [1.29, 1.82) is 0 Å². The van der Waals surface area contributed by atoms with Gasteiger partial charge in [0.1, 0.15) is 17.6 Å². The minimum atomic E-state index is -0.922. The Morgan fingerprint density at radius 3 is 2.59 bits per heavy atom. The normalized spacial score (nSPS) is 17.6. The molecule has 162 valence electrons. The maximum absolute atomic E-state index is 13.2. The van der Waals surface area contributed by atoms with Crippen LogP contribution in [0, 0.1) is 6.92 Å². The summed E-state index contributed by atoms with van der Waals surface area (Å²) in [4.78, 5) is 32.1. The summed E-state index contributed by atoms with van der Waals surface area (Å²) in [5.74, 6) is -1.30. The van der Waals surface area contributed by atoms with E-state index in [4.69, 9.17) is 16.3 Å². The van der Waals surface area contributed by atoms with Gasteiger partial charge in [0.2, 0.25) is 0 Å². The molecule has 3 aromatic rings. The molecule has 0 saturated carbocycles. The number of nitrogens with zero attached hydrogens (tertiary/aromatic N) is 2. The number of methoxy groups -OCH3 is 1. The maximum Gasteiger partial charge on any atom is 0.300 e. The third-order valence-corrected chi connectivity index (χ3v) is 6.12. The number of benzene rings is 2. The summed E-state index contributed by atoms with van der Waals surface area (Å²) < 4.78 is 5.83. The Morgan fingerprint density at radius 1 is 1.16 bits per heavy atom. The van der Waals surface area contributed by atoms with Crippen molar-refractivity contribution in [3.8, 4) is 5.75 Å². The lowest BCUT2D eigenvalue weighted by molar-refractivity contribution is -0.132. The number of hydrogen-bond donors (Lipinski definition) is 1. The molecule has 0 aliphatic carbocycles. The van der Waals surface area contributed by atoms with E-state index in [0.29, 0.717) is 32.2 Å². The summed E-state index contributed by atoms with van der Waals surface area (Å²) >= 11 is 9.59. The highest BCUT2D eigenvalue weighted by Gasteiger charge is 2.48. The number of aromatic nitrogens is 1. The maximum atomic E-state index is 13.2. The number of hydrogen-bond acceptors (Lipinski definition) is 5. The van der Waals surface area contributed by atoms with E-state index < -0.39 is 17.7 Å². The predicted octanol–water partition coefficient (Wildman–Crippen LogP) is 5.44. The Labute approximate surface area is 198 Å². The number of anilines is 1. The Hall–Kier alpha value is -3.16. The fraction of sp³-hybridized carbons (Fsp3) is 0.125. The average Bonchev–Trinajstić information content (AvgIpc) is 3.06. The Kier molecular flexibility index (Phi) is 6.04. The van der Waals surface area contributed by atoms with Gasteiger partial charge in [0.25, 0.3) is 11.7 Å². The van der Waals surface area contributed by atoms with Gasteiger partial charge in [-0.3, -0.25) is 19.5 Å². The molecule has 1 atom stereocenters. The first-order valence-electron chi connectivity index (χ1n) is 9.65. The van der Waals surface area contributed by atoms with E-state index in [2.05, 4.69) is 20.9 Å². The summed E-state index contributed by atoms with van der Waals surface area (Å²) in [7, 11) is 1.53. The van der Waals surface area contributed by atoms with Gasteiger partial charge < -0.3 is 9.84 Å². The number of Topliss-reactive ketones (excluding diaryl/α,β-unsaturated/α-hetero) is 1. The second-order valence-corrected chi connectivity index (χ2v) is 8.49. The Morgan fingerprint density at radius 2 is 1.94 bits per heavy atom. The van der Waals surface area contributed by atoms with E-state index in [9.17, 15) is 14.7 Å². The number of aliphatic hydroxyl groups is 1. The molecule has 8 heteroatoms. The van der Waals surface area contributed by atoms with E-state index in [1.54, 1.807) is 60.8 Å². The van der Waals surface area contributed by atoms with Gasteiger partial charge in [0.05, 0.1) is 22.8 Å². The van der Waals surface area contributed by atoms with Crippen molar-refractivity contribution in [2.45, 2.75) is 13.0 Å². The van der Waals surface area contributed by atoms with Crippen LogP contribution in [0.25, 0.3) is 5.76 Å². The van der Waals surface area contributed by atoms with E-state index in [1.165, 1.54) is 12.0 Å². The molecule has 32 heavy (non-hydrogen) atoms. The summed E-state index contributed by atoms with van der Waals surface area (Å²) in [6.07, 6.45) is 1.57. The average molecular weight is 514 g/mol. The van der Waals surface area contributed by atoms with Crippen LogP contribution < -0.4 is 9.64 Å². The van der Waals surface area contributed by atoms with E-state index in [-0.39, 0.29) is 11.3 Å². The lowest BCUT2D eigenvalue weighted by Gasteiger charge is -2.26. The smallest absolute Gasteiger partial charge is 0.300 e. The lowest BCUT2D eigenvalue weighted by Crippen LogP contribution is -2.30. The van der Waals surface area contributed by atoms with Crippen LogP contribution >= 0.6 is 27.5 Å². The van der Waals surface area contributed by atoms with Gasteiger partial charge in [-0.1, -0.05) is 23.7 Å². The summed E-state index contributed by atoms with van der Waals surface area (Å²) in [6, 6.07) is 14.3. The number of rotatable bonds is 4. The van der Waals surface area contributed by atoms with Gasteiger partial charge in [-0.05, 0) is 70.9 Å². The first-order valence-corrected chi connectivity index (χ1v) is 10.8. The molecule has 6 nitrogen and oxygen atoms in total. The second-order valence-electron chi connectivity index (χ2n) is 7.20. The molecule has 1 aromatic heterocycles. The number of halogens is 2. The fourth-order valence-electron chi connectivity index (χ4n) is 3.71. The van der Waals surface area contributed by atoms with Gasteiger partial charge in [-0.15, -0.1) is 0 Å². The van der Waals surface area contributed by atoms with E-state index in [0.717, 1.165) is 5.56 Å². The van der Waals surface area contributed by atoms with Gasteiger partial charge in [-0.25, -0.2) is 0 Å². The van der Waals surface area contributed by atoms with Crippen LogP contribution in [0.15, 0.2) is 70.8 Å². The van der Waals surface area contributed by atoms with Gasteiger partial charge in [0, 0.05) is 22.5 Å². The van der Waals surface area contributed by atoms with Gasteiger partial charge >= 0.3 is 0 Å². The van der Waals surface area contributed by atoms with Crippen LogP contribution in [0.2, 0.25) is 5.02 Å². The molecule has 0 radical (unpaired) electrons. The van der Waals surface area contributed by atoms with Crippen LogP contribution in [0.5, 0.6) is 5.75 Å².